The molecular weight excluding hydrogens is 461 g/mol. The molecule has 29 heavy (non-hydrogen) atoms. The van der Waals surface area contributed by atoms with Crippen LogP contribution >= 0.6 is 46.6 Å². The molecule has 0 aliphatic carbocycles. The van der Waals surface area contributed by atoms with Gasteiger partial charge in [0.2, 0.25) is 5.91 Å². The van der Waals surface area contributed by atoms with Gasteiger partial charge in [-0.3, -0.25) is 14.9 Å². The minimum Gasteiger partial charge on any atom is -0.325 e. The summed E-state index contributed by atoms with van der Waals surface area (Å²) in [6.07, 6.45) is 0. The summed E-state index contributed by atoms with van der Waals surface area (Å²) in [5.74, 6) is 0.195. The molecule has 0 saturated heterocycles. The van der Waals surface area contributed by atoms with Crippen LogP contribution < -0.4 is 5.32 Å². The Morgan fingerprint density at radius 1 is 1.17 bits per heavy atom. The Morgan fingerprint density at radius 3 is 2.62 bits per heavy atom. The summed E-state index contributed by atoms with van der Waals surface area (Å²) in [5, 5.41) is 23.2. The molecule has 0 spiro atoms. The lowest BCUT2D eigenvalue weighted by atomic mass is 10.2. The number of nitrogens with one attached hydrogen (secondary N) is 1. The third kappa shape index (κ3) is 4.99. The topological polar surface area (TPSA) is 103 Å². The number of carbonyl (C=O) groups excluding carboxylic acids is 1. The van der Waals surface area contributed by atoms with Crippen LogP contribution in [0.4, 0.5) is 11.4 Å². The average Bonchev–Trinajstić information content (AvgIpc) is 3.02. The number of hydrogen-bond acceptors (Lipinski definition) is 6. The first kappa shape index (κ1) is 21.4. The molecular formula is C17H12Cl3N5O3S. The number of rotatable bonds is 6. The Labute approximate surface area is 184 Å². The zero-order valence-electron chi connectivity index (χ0n) is 14.7. The number of amides is 1. The molecule has 1 heterocycles. The van der Waals surface area contributed by atoms with Gasteiger partial charge in [0.1, 0.15) is 5.02 Å². The quantitative estimate of drug-likeness (QED) is 0.305. The SMILES string of the molecule is Cn1c(SCC(=O)Nc2ccc(Cl)c([N+](=O)[O-])c2)nnc1-c1ccc(Cl)cc1Cl. The van der Waals surface area contributed by atoms with E-state index >= 15 is 0 Å². The third-order valence-electron chi connectivity index (χ3n) is 3.77. The normalized spacial score (nSPS) is 10.8. The Morgan fingerprint density at radius 2 is 1.93 bits per heavy atom. The predicted octanol–water partition coefficient (Wildman–Crippen LogP) is 5.08. The van der Waals surface area contributed by atoms with Gasteiger partial charge in [0.15, 0.2) is 11.0 Å². The molecule has 3 aromatic rings. The zero-order chi connectivity index (χ0) is 21.1. The second-order valence-corrected chi connectivity index (χ2v) is 7.94. The molecule has 0 aliphatic heterocycles. The van der Waals surface area contributed by atoms with Crippen molar-refractivity contribution in [2.45, 2.75) is 5.16 Å². The van der Waals surface area contributed by atoms with Crippen molar-refractivity contribution in [2.75, 3.05) is 11.1 Å². The molecule has 0 radical (unpaired) electrons. The Kier molecular flexibility index (Phi) is 6.63. The number of thioether (sulfide) groups is 1. The van der Waals surface area contributed by atoms with Crippen molar-refractivity contribution < 1.29 is 9.72 Å². The van der Waals surface area contributed by atoms with Crippen molar-refractivity contribution in [3.8, 4) is 11.4 Å². The van der Waals surface area contributed by atoms with E-state index in [1.54, 1.807) is 29.8 Å². The van der Waals surface area contributed by atoms with E-state index in [4.69, 9.17) is 34.8 Å². The summed E-state index contributed by atoms with van der Waals surface area (Å²) < 4.78 is 1.71. The number of anilines is 1. The van der Waals surface area contributed by atoms with Gasteiger partial charge in [-0.1, -0.05) is 46.6 Å². The van der Waals surface area contributed by atoms with Crippen LogP contribution in [0.2, 0.25) is 15.1 Å². The highest BCUT2D eigenvalue weighted by atomic mass is 35.5. The minimum absolute atomic E-state index is 0.00477. The number of hydrogen-bond donors (Lipinski definition) is 1. The summed E-state index contributed by atoms with van der Waals surface area (Å²) in [6, 6.07) is 9.09. The minimum atomic E-state index is -0.615. The van der Waals surface area contributed by atoms with Crippen molar-refractivity contribution in [1.82, 2.24) is 14.8 Å². The van der Waals surface area contributed by atoms with Gasteiger partial charge in [-0.05, 0) is 30.3 Å². The molecule has 8 nitrogen and oxygen atoms in total. The lowest BCUT2D eigenvalue weighted by molar-refractivity contribution is -0.384. The highest BCUT2D eigenvalue weighted by molar-refractivity contribution is 7.99. The molecule has 0 bridgehead atoms. The van der Waals surface area contributed by atoms with E-state index in [2.05, 4.69) is 15.5 Å². The maximum atomic E-state index is 12.2. The van der Waals surface area contributed by atoms with Crippen LogP contribution in [-0.4, -0.2) is 31.3 Å². The van der Waals surface area contributed by atoms with E-state index in [0.29, 0.717) is 26.6 Å². The van der Waals surface area contributed by atoms with Crippen molar-refractivity contribution in [2.24, 2.45) is 7.05 Å². The van der Waals surface area contributed by atoms with E-state index in [0.717, 1.165) is 11.8 Å². The molecule has 1 amide bonds. The van der Waals surface area contributed by atoms with E-state index in [1.807, 2.05) is 0 Å². The molecule has 2 aromatic carbocycles. The molecule has 1 aromatic heterocycles. The monoisotopic (exact) mass is 471 g/mol. The standard InChI is InChI=1S/C17H12Cl3N5O3S/c1-24-16(11-4-2-9(18)6-13(11)20)22-23-17(24)29-8-15(26)21-10-3-5-12(19)14(7-10)25(27)28/h2-7H,8H2,1H3,(H,21,26). The highest BCUT2D eigenvalue weighted by Gasteiger charge is 2.17. The molecule has 0 aliphatic rings. The van der Waals surface area contributed by atoms with Crippen LogP contribution in [0.15, 0.2) is 41.6 Å². The fraction of sp³-hybridized carbons (Fsp3) is 0.118. The van der Waals surface area contributed by atoms with Crippen molar-refractivity contribution >= 4 is 63.8 Å². The number of nitro groups is 1. The molecule has 0 saturated carbocycles. The van der Waals surface area contributed by atoms with Crippen molar-refractivity contribution in [3.05, 3.63) is 61.6 Å². The van der Waals surface area contributed by atoms with Crippen LogP contribution in [-0.2, 0) is 11.8 Å². The number of halogens is 3. The Bertz CT molecular complexity index is 1110. The summed E-state index contributed by atoms with van der Waals surface area (Å²) >= 11 is 19.1. The summed E-state index contributed by atoms with van der Waals surface area (Å²) in [4.78, 5) is 22.5. The van der Waals surface area contributed by atoms with Crippen molar-refractivity contribution in [1.29, 1.82) is 0 Å². The zero-order valence-corrected chi connectivity index (χ0v) is 17.8. The number of benzene rings is 2. The number of nitrogens with zero attached hydrogens (tertiary/aromatic N) is 4. The predicted molar refractivity (Wildman–Crippen MR) is 114 cm³/mol. The molecule has 12 heteroatoms. The molecule has 0 atom stereocenters. The lowest BCUT2D eigenvalue weighted by Gasteiger charge is -2.07. The van der Waals surface area contributed by atoms with E-state index in [-0.39, 0.29) is 28.1 Å². The van der Waals surface area contributed by atoms with Crippen LogP contribution in [0.5, 0.6) is 0 Å². The molecule has 1 N–H and O–H groups in total. The van der Waals surface area contributed by atoms with E-state index in [1.165, 1.54) is 18.2 Å². The van der Waals surface area contributed by atoms with E-state index in [9.17, 15) is 14.9 Å². The van der Waals surface area contributed by atoms with Gasteiger partial charge >= 0.3 is 0 Å². The van der Waals surface area contributed by atoms with Crippen LogP contribution in [0.25, 0.3) is 11.4 Å². The number of carbonyl (C=O) groups is 1. The van der Waals surface area contributed by atoms with Crippen LogP contribution in [0, 0.1) is 10.1 Å². The first-order valence-corrected chi connectivity index (χ1v) is 10.1. The van der Waals surface area contributed by atoms with Gasteiger partial charge < -0.3 is 9.88 Å². The highest BCUT2D eigenvalue weighted by Crippen LogP contribution is 2.31. The second kappa shape index (κ2) is 9.00. The van der Waals surface area contributed by atoms with Crippen molar-refractivity contribution in [3.63, 3.8) is 0 Å². The Hall–Kier alpha value is -2.33. The van der Waals surface area contributed by atoms with Crippen LogP contribution in [0.1, 0.15) is 0 Å². The second-order valence-electron chi connectivity index (χ2n) is 5.75. The molecule has 3 rings (SSSR count). The maximum absolute atomic E-state index is 12.2. The van der Waals surface area contributed by atoms with Gasteiger partial charge in [0.25, 0.3) is 5.69 Å². The first-order chi connectivity index (χ1) is 13.8. The fourth-order valence-electron chi connectivity index (χ4n) is 2.40. The van der Waals surface area contributed by atoms with E-state index < -0.39 is 4.92 Å². The average molecular weight is 473 g/mol. The molecule has 150 valence electrons. The smallest absolute Gasteiger partial charge is 0.289 e. The number of aromatic nitrogens is 3. The third-order valence-corrected chi connectivity index (χ3v) is 5.65. The largest absolute Gasteiger partial charge is 0.325 e. The summed E-state index contributed by atoms with van der Waals surface area (Å²) in [5.41, 5.74) is 0.657. The van der Waals surface area contributed by atoms with Gasteiger partial charge in [0, 0.05) is 29.4 Å². The van der Waals surface area contributed by atoms with Gasteiger partial charge in [-0.25, -0.2) is 0 Å². The lowest BCUT2D eigenvalue weighted by Crippen LogP contribution is -2.14. The fourth-order valence-corrected chi connectivity index (χ4v) is 3.79. The number of nitro benzene ring substituents is 1. The van der Waals surface area contributed by atoms with Gasteiger partial charge in [-0.2, -0.15) is 0 Å². The Balaban J connectivity index is 1.68. The van der Waals surface area contributed by atoms with Gasteiger partial charge in [0.05, 0.1) is 15.7 Å². The molecule has 0 fully saturated rings. The summed E-state index contributed by atoms with van der Waals surface area (Å²) in [6.45, 7) is 0. The molecule has 0 unspecified atom stereocenters. The van der Waals surface area contributed by atoms with Gasteiger partial charge in [-0.15, -0.1) is 10.2 Å². The van der Waals surface area contributed by atoms with Crippen LogP contribution in [0.3, 0.4) is 0 Å². The first-order valence-electron chi connectivity index (χ1n) is 7.97. The maximum Gasteiger partial charge on any atom is 0.289 e. The summed E-state index contributed by atoms with van der Waals surface area (Å²) in [7, 11) is 1.75.